The summed E-state index contributed by atoms with van der Waals surface area (Å²) in [5.41, 5.74) is 0. The van der Waals surface area contributed by atoms with Gasteiger partial charge in [0.15, 0.2) is 0 Å². The first-order valence-corrected chi connectivity index (χ1v) is 2.96. The summed E-state index contributed by atoms with van der Waals surface area (Å²) in [7, 11) is 0. The summed E-state index contributed by atoms with van der Waals surface area (Å²) in [4.78, 5) is 0. The second-order valence-electron chi connectivity index (χ2n) is 0. The molecule has 0 N–H and O–H groups in total. The van der Waals surface area contributed by atoms with Gasteiger partial charge in [0.2, 0.25) is 0 Å². The van der Waals surface area contributed by atoms with Crippen molar-refractivity contribution in [3.63, 3.8) is 0 Å². The maximum absolute atomic E-state index is 8.38. The Labute approximate surface area is 66.0 Å². The van der Waals surface area contributed by atoms with Crippen LogP contribution in [-0.4, -0.2) is 21.7 Å². The molecule has 0 aliphatic carbocycles. The van der Waals surface area contributed by atoms with E-state index in [0.717, 1.165) is 0 Å². The van der Waals surface area contributed by atoms with E-state index in [1.54, 1.807) is 0 Å². The second kappa shape index (κ2) is 104. The van der Waals surface area contributed by atoms with Gasteiger partial charge in [-0.3, -0.25) is 0 Å². The summed E-state index contributed by atoms with van der Waals surface area (Å²) in [6.45, 7) is 0. The fraction of sp³-hybridized carbons (Fsp3) is 0. The number of hydrogen-bond donors (Lipinski definition) is 0. The predicted molar refractivity (Wildman–Crippen MR) is 7.81 cm³/mol. The molecule has 0 fully saturated rings. The van der Waals surface area contributed by atoms with Gasteiger partial charge >= 0.3 is 66.5 Å². The first-order chi connectivity index (χ1) is 3.00. The molecule has 0 aromatic rings. The Morgan fingerprint density at radius 2 is 1.17 bits per heavy atom. The quantitative estimate of drug-likeness (QED) is 0.476. The minimum absolute atomic E-state index is 0.125. The molecule has 0 heterocycles. The summed E-state index contributed by atoms with van der Waals surface area (Å²) >= 11 is 2.74. The van der Waals surface area contributed by atoms with Crippen molar-refractivity contribution in [1.82, 2.24) is 0 Å². The molecular weight excluding hydrogens is 194 g/mol. The van der Waals surface area contributed by atoms with Crippen LogP contribution in [0.1, 0.15) is 0 Å². The first-order valence-electron chi connectivity index (χ1n) is 0.722. The van der Waals surface area contributed by atoms with E-state index in [4.69, 9.17) is 10.6 Å². The van der Waals surface area contributed by atoms with E-state index in [2.05, 4.69) is 0 Å². The molecule has 6 heavy (non-hydrogen) atoms. The van der Waals surface area contributed by atoms with E-state index in [1.807, 2.05) is 15.9 Å². The van der Waals surface area contributed by atoms with Crippen molar-refractivity contribution in [2.24, 2.45) is 0 Å². The normalized spacial score (nSPS) is 2.83. The van der Waals surface area contributed by atoms with Crippen LogP contribution in [0.2, 0.25) is 0 Å². The van der Waals surface area contributed by atoms with Crippen LogP contribution in [-0.2, 0) is 44.8 Å². The molecular formula is FeMgO3Zn. The van der Waals surface area contributed by atoms with Crippen molar-refractivity contribution in [2.75, 3.05) is 0 Å². The van der Waals surface area contributed by atoms with E-state index in [1.165, 1.54) is 0 Å². The fourth-order valence-electron chi connectivity index (χ4n) is 0. The van der Waals surface area contributed by atoms with Crippen LogP contribution in [0, 0.1) is 0 Å². The molecule has 0 aromatic heterocycles. The molecule has 3 nitrogen and oxygen atoms in total. The van der Waals surface area contributed by atoms with Crippen molar-refractivity contribution in [2.45, 2.75) is 0 Å². The monoisotopic (exact) mass is 192 g/mol. The Hall–Kier alpha value is 1.31. The topological polar surface area (TPSA) is 51.2 Å². The van der Waals surface area contributed by atoms with Crippen LogP contribution in [0.15, 0.2) is 0 Å². The third-order valence-corrected chi connectivity index (χ3v) is 0. The zero-order chi connectivity index (χ0) is 6.00. The van der Waals surface area contributed by atoms with Crippen LogP contribution in [0.5, 0.6) is 0 Å². The average Bonchev–Trinajstić information content (AvgIpc) is 1.81. The van der Waals surface area contributed by atoms with Crippen molar-refractivity contribution in [1.29, 1.82) is 0 Å². The maximum atomic E-state index is 8.38. The third kappa shape index (κ3) is 57.5. The van der Waals surface area contributed by atoms with Crippen molar-refractivity contribution >= 4 is 21.7 Å². The molecule has 0 saturated heterocycles. The molecule has 0 radical (unpaired) electrons. The number of rotatable bonds is 0. The van der Waals surface area contributed by atoms with E-state index >= 15 is 0 Å². The molecule has 0 aromatic carbocycles. The Balaban J connectivity index is -0.0000000225. The molecule has 0 atom stereocenters. The Morgan fingerprint density at radius 3 is 1.17 bits per heavy atom. The molecule has 0 aliphatic rings. The SMILES string of the molecule is [O]=[Fe].[O]=[Mg].[O]=[Zn]. The standard InChI is InChI=1S/Fe.Mg.3O.Zn. The van der Waals surface area contributed by atoms with Gasteiger partial charge in [-0.15, -0.1) is 0 Å². The summed E-state index contributed by atoms with van der Waals surface area (Å²) in [5, 5.41) is 0. The molecule has 0 spiro atoms. The van der Waals surface area contributed by atoms with Gasteiger partial charge in [0.25, 0.3) is 0 Å². The minimum atomic E-state index is 0.125. The van der Waals surface area contributed by atoms with Gasteiger partial charge in [-0.2, -0.15) is 0 Å². The van der Waals surface area contributed by atoms with Crippen molar-refractivity contribution < 1.29 is 44.8 Å². The fourth-order valence-corrected chi connectivity index (χ4v) is 0. The molecule has 0 amide bonds. The van der Waals surface area contributed by atoms with Crippen LogP contribution >= 0.6 is 0 Å². The average molecular weight is 194 g/mol. The summed E-state index contributed by atoms with van der Waals surface area (Å²) in [5.74, 6) is 0. The zero-order valence-electron chi connectivity index (χ0n) is 2.99. The molecule has 30 valence electrons. The van der Waals surface area contributed by atoms with E-state index in [0.29, 0.717) is 21.7 Å². The van der Waals surface area contributed by atoms with Gasteiger partial charge < -0.3 is 0 Å². The van der Waals surface area contributed by atoms with Gasteiger partial charge in [0.1, 0.15) is 0 Å². The van der Waals surface area contributed by atoms with Gasteiger partial charge in [-0.05, 0) is 0 Å². The predicted octanol–water partition coefficient (Wildman–Crippen LogP) is -0.742. The van der Waals surface area contributed by atoms with Crippen LogP contribution in [0.4, 0.5) is 0 Å². The Morgan fingerprint density at radius 1 is 1.17 bits per heavy atom. The summed E-state index contributed by atoms with van der Waals surface area (Å²) in [6.07, 6.45) is 0. The molecule has 0 rings (SSSR count). The molecule has 6 heteroatoms. The summed E-state index contributed by atoms with van der Waals surface area (Å²) in [6, 6.07) is 0. The van der Waals surface area contributed by atoms with Crippen LogP contribution in [0.3, 0.4) is 0 Å². The first kappa shape index (κ1) is 15.7. The zero-order valence-corrected chi connectivity index (χ0v) is 8.48. The van der Waals surface area contributed by atoms with Gasteiger partial charge in [0, 0.05) is 0 Å². The van der Waals surface area contributed by atoms with Crippen molar-refractivity contribution in [3.05, 3.63) is 0 Å². The molecule has 0 aliphatic heterocycles. The molecule has 0 bridgehead atoms. The number of hydrogen-bond acceptors (Lipinski definition) is 3. The van der Waals surface area contributed by atoms with E-state index in [-0.39, 0.29) is 18.3 Å². The van der Waals surface area contributed by atoms with E-state index in [9.17, 15) is 0 Å². The third-order valence-electron chi connectivity index (χ3n) is 0. The van der Waals surface area contributed by atoms with E-state index < -0.39 is 0 Å². The van der Waals surface area contributed by atoms with Gasteiger partial charge in [0.05, 0.1) is 0 Å². The van der Waals surface area contributed by atoms with Crippen molar-refractivity contribution in [3.8, 4) is 0 Å². The summed E-state index contributed by atoms with van der Waals surface area (Å²) < 4.78 is 24.7. The second-order valence-corrected chi connectivity index (χ2v) is 0. The Bertz CT molecular complexity index is 15.5. The molecule has 0 saturated carbocycles. The van der Waals surface area contributed by atoms with Crippen LogP contribution in [0.25, 0.3) is 0 Å². The van der Waals surface area contributed by atoms with Gasteiger partial charge in [-0.1, -0.05) is 0 Å². The Kier molecular flexibility index (Phi) is 271. The molecule has 0 unspecified atom stereocenters. The van der Waals surface area contributed by atoms with Crippen LogP contribution < -0.4 is 0 Å². The van der Waals surface area contributed by atoms with Gasteiger partial charge in [-0.25, -0.2) is 0 Å².